The smallest absolute Gasteiger partial charge is 0.0129 e. The molecule has 0 heteroatoms. The Morgan fingerprint density at radius 3 is 2.44 bits per heavy atom. The minimum Gasteiger partial charge on any atom is -0.0801 e. The second-order valence-electron chi connectivity index (χ2n) is 5.58. The molecule has 1 aliphatic carbocycles. The molecule has 0 N–H and O–H groups in total. The molecule has 0 heterocycles. The zero-order chi connectivity index (χ0) is 11.8. The summed E-state index contributed by atoms with van der Waals surface area (Å²) in [4.78, 5) is 0. The average molecular weight is 212 g/mol. The zero-order valence-electron chi connectivity index (χ0n) is 10.7. The molecule has 2 rings (SSSR count). The summed E-state index contributed by atoms with van der Waals surface area (Å²) >= 11 is 0. The van der Waals surface area contributed by atoms with Crippen molar-refractivity contribution in [2.24, 2.45) is 0 Å². The zero-order valence-corrected chi connectivity index (χ0v) is 10.7. The molecule has 0 saturated heterocycles. The Kier molecular flexibility index (Phi) is 2.75. The quantitative estimate of drug-likeness (QED) is 0.636. The van der Waals surface area contributed by atoms with Gasteiger partial charge in [0.15, 0.2) is 0 Å². The third-order valence-corrected chi connectivity index (χ3v) is 3.15. The van der Waals surface area contributed by atoms with Gasteiger partial charge in [-0.3, -0.25) is 0 Å². The lowest BCUT2D eigenvalue weighted by molar-refractivity contribution is 0.586. The Hall–Kier alpha value is -1.30. The summed E-state index contributed by atoms with van der Waals surface area (Å²) in [7, 11) is 0. The molecule has 0 spiro atoms. The first-order valence-electron chi connectivity index (χ1n) is 5.97. The van der Waals surface area contributed by atoms with E-state index in [1.807, 2.05) is 0 Å². The van der Waals surface area contributed by atoms with E-state index < -0.39 is 0 Å². The van der Waals surface area contributed by atoms with Crippen LogP contribution in [0.1, 0.15) is 43.9 Å². The Morgan fingerprint density at radius 2 is 1.88 bits per heavy atom. The molecule has 1 aromatic carbocycles. The fraction of sp³-hybridized carbons (Fsp3) is 0.375. The van der Waals surface area contributed by atoms with Crippen molar-refractivity contribution in [1.29, 1.82) is 0 Å². The highest BCUT2D eigenvalue weighted by Gasteiger charge is 2.17. The summed E-state index contributed by atoms with van der Waals surface area (Å²) in [5, 5.41) is 0. The molecule has 0 atom stereocenters. The summed E-state index contributed by atoms with van der Waals surface area (Å²) in [6.07, 6.45) is 7.80. The van der Waals surface area contributed by atoms with Crippen molar-refractivity contribution >= 4 is 5.57 Å². The van der Waals surface area contributed by atoms with Gasteiger partial charge in [-0.25, -0.2) is 0 Å². The summed E-state index contributed by atoms with van der Waals surface area (Å²) in [5.41, 5.74) is 5.78. The van der Waals surface area contributed by atoms with Crippen LogP contribution in [0.25, 0.3) is 5.57 Å². The maximum absolute atomic E-state index is 2.34. The number of aryl methyl sites for hydroxylation is 1. The van der Waals surface area contributed by atoms with Crippen LogP contribution >= 0.6 is 0 Å². The van der Waals surface area contributed by atoms with Crippen LogP contribution in [0.3, 0.4) is 0 Å². The molecular weight excluding hydrogens is 192 g/mol. The molecule has 0 bridgehead atoms. The number of allylic oxidation sites excluding steroid dienone is 4. The van der Waals surface area contributed by atoms with Crippen molar-refractivity contribution in [2.45, 2.75) is 39.5 Å². The molecule has 1 aromatic rings. The van der Waals surface area contributed by atoms with Crippen LogP contribution in [0, 0.1) is 6.92 Å². The van der Waals surface area contributed by atoms with Gasteiger partial charge in [0, 0.05) is 0 Å². The maximum atomic E-state index is 2.34. The molecule has 0 amide bonds. The van der Waals surface area contributed by atoms with Crippen LogP contribution in [-0.2, 0) is 5.41 Å². The second kappa shape index (κ2) is 3.93. The molecular formula is C16H20. The van der Waals surface area contributed by atoms with Crippen LogP contribution in [-0.4, -0.2) is 0 Å². The largest absolute Gasteiger partial charge is 0.0801 e. The normalized spacial score (nSPS) is 15.4. The van der Waals surface area contributed by atoms with E-state index in [9.17, 15) is 0 Å². The monoisotopic (exact) mass is 212 g/mol. The molecule has 0 aliphatic heterocycles. The minimum absolute atomic E-state index is 0.225. The highest BCUT2D eigenvalue weighted by Crippen LogP contribution is 2.30. The molecule has 0 radical (unpaired) electrons. The van der Waals surface area contributed by atoms with Gasteiger partial charge in [-0.2, -0.15) is 0 Å². The molecule has 0 unspecified atom stereocenters. The lowest BCUT2D eigenvalue weighted by Gasteiger charge is -2.22. The Balaban J connectivity index is 2.47. The average Bonchev–Trinajstić information content (AvgIpc) is 2.69. The molecule has 0 fully saturated rings. The van der Waals surface area contributed by atoms with E-state index in [-0.39, 0.29) is 5.41 Å². The van der Waals surface area contributed by atoms with E-state index in [2.05, 4.69) is 64.1 Å². The Bertz CT molecular complexity index is 453. The van der Waals surface area contributed by atoms with E-state index >= 15 is 0 Å². The van der Waals surface area contributed by atoms with Crippen LogP contribution in [0.5, 0.6) is 0 Å². The number of hydrogen-bond donors (Lipinski definition) is 0. The van der Waals surface area contributed by atoms with Crippen molar-refractivity contribution in [3.8, 4) is 0 Å². The standard InChI is InChI=1S/C16H20/c1-12-9-10-14(13-7-5-6-8-13)11-15(12)16(2,3)4/h5,7-11H,6H2,1-4H3. The lowest BCUT2D eigenvalue weighted by Crippen LogP contribution is -2.13. The summed E-state index contributed by atoms with van der Waals surface area (Å²) in [6.45, 7) is 9.02. The van der Waals surface area contributed by atoms with E-state index in [1.54, 1.807) is 0 Å². The third kappa shape index (κ3) is 2.11. The van der Waals surface area contributed by atoms with Gasteiger partial charge < -0.3 is 0 Å². The first-order valence-corrected chi connectivity index (χ1v) is 5.97. The molecule has 84 valence electrons. The highest BCUT2D eigenvalue weighted by atomic mass is 14.2. The van der Waals surface area contributed by atoms with E-state index in [1.165, 1.54) is 22.3 Å². The Morgan fingerprint density at radius 1 is 1.12 bits per heavy atom. The van der Waals surface area contributed by atoms with Crippen molar-refractivity contribution < 1.29 is 0 Å². The van der Waals surface area contributed by atoms with Gasteiger partial charge in [0.05, 0.1) is 0 Å². The predicted octanol–water partition coefficient (Wildman–Crippen LogP) is 4.64. The topological polar surface area (TPSA) is 0 Å². The van der Waals surface area contributed by atoms with Crippen LogP contribution in [0.15, 0.2) is 36.4 Å². The maximum Gasteiger partial charge on any atom is -0.0129 e. The molecule has 0 saturated carbocycles. The molecule has 0 aromatic heterocycles. The van der Waals surface area contributed by atoms with Crippen LogP contribution in [0.2, 0.25) is 0 Å². The summed E-state index contributed by atoms with van der Waals surface area (Å²) in [6, 6.07) is 6.81. The highest BCUT2D eigenvalue weighted by molar-refractivity contribution is 5.76. The Labute approximate surface area is 98.7 Å². The van der Waals surface area contributed by atoms with Crippen LogP contribution < -0.4 is 0 Å². The van der Waals surface area contributed by atoms with Gasteiger partial charge in [-0.05, 0) is 41.0 Å². The minimum atomic E-state index is 0.225. The van der Waals surface area contributed by atoms with Crippen molar-refractivity contribution in [3.63, 3.8) is 0 Å². The van der Waals surface area contributed by atoms with Crippen molar-refractivity contribution in [1.82, 2.24) is 0 Å². The third-order valence-electron chi connectivity index (χ3n) is 3.15. The summed E-state index contributed by atoms with van der Waals surface area (Å²) < 4.78 is 0. The molecule has 0 nitrogen and oxygen atoms in total. The SMILES string of the molecule is Cc1ccc(C2=CCC=C2)cc1C(C)(C)C. The van der Waals surface area contributed by atoms with Crippen molar-refractivity contribution in [3.05, 3.63) is 53.1 Å². The second-order valence-corrected chi connectivity index (χ2v) is 5.58. The van der Waals surface area contributed by atoms with Gasteiger partial charge in [-0.15, -0.1) is 0 Å². The van der Waals surface area contributed by atoms with Gasteiger partial charge in [0.25, 0.3) is 0 Å². The lowest BCUT2D eigenvalue weighted by atomic mass is 9.82. The fourth-order valence-electron chi connectivity index (χ4n) is 2.28. The van der Waals surface area contributed by atoms with Crippen LogP contribution in [0.4, 0.5) is 0 Å². The first-order chi connectivity index (χ1) is 7.48. The number of rotatable bonds is 1. The molecule has 1 aliphatic rings. The number of benzene rings is 1. The van der Waals surface area contributed by atoms with Gasteiger partial charge in [0.1, 0.15) is 0 Å². The van der Waals surface area contributed by atoms with E-state index in [0.717, 1.165) is 6.42 Å². The molecule has 16 heavy (non-hydrogen) atoms. The van der Waals surface area contributed by atoms with Gasteiger partial charge in [-0.1, -0.05) is 57.2 Å². The van der Waals surface area contributed by atoms with Crippen molar-refractivity contribution in [2.75, 3.05) is 0 Å². The fourth-order valence-corrected chi connectivity index (χ4v) is 2.28. The number of hydrogen-bond acceptors (Lipinski definition) is 0. The van der Waals surface area contributed by atoms with E-state index in [4.69, 9.17) is 0 Å². The van der Waals surface area contributed by atoms with Gasteiger partial charge >= 0.3 is 0 Å². The summed E-state index contributed by atoms with van der Waals surface area (Å²) in [5.74, 6) is 0. The van der Waals surface area contributed by atoms with Gasteiger partial charge in [0.2, 0.25) is 0 Å². The predicted molar refractivity (Wildman–Crippen MR) is 71.6 cm³/mol. The first kappa shape index (κ1) is 11.2. The van der Waals surface area contributed by atoms with E-state index in [0.29, 0.717) is 0 Å².